The average Bonchev–Trinajstić information content (AvgIpc) is 2.36. The van der Waals surface area contributed by atoms with Gasteiger partial charge in [0.05, 0.1) is 0 Å². The number of hydrogen-bond acceptors (Lipinski definition) is 2. The zero-order chi connectivity index (χ0) is 12.0. The Morgan fingerprint density at radius 2 is 1.75 bits per heavy atom. The molecule has 0 aliphatic carbocycles. The van der Waals surface area contributed by atoms with Crippen molar-refractivity contribution in [3.8, 4) is 0 Å². The SMILES string of the molecule is CO[Si](C)(CC(CBr)c1ccccc1)OC. The summed E-state index contributed by atoms with van der Waals surface area (Å²) >= 11 is 3.57. The second-order valence-corrected chi connectivity index (χ2v) is 8.15. The first kappa shape index (κ1) is 13.9. The third-order valence-electron chi connectivity index (χ3n) is 2.94. The quantitative estimate of drug-likeness (QED) is 0.591. The highest BCUT2D eigenvalue weighted by Gasteiger charge is 2.32. The molecule has 1 unspecified atom stereocenters. The summed E-state index contributed by atoms with van der Waals surface area (Å²) < 4.78 is 11.1. The Bertz CT molecular complexity index is 301. The number of halogens is 1. The van der Waals surface area contributed by atoms with Crippen molar-refractivity contribution < 1.29 is 8.85 Å². The highest BCUT2D eigenvalue weighted by Crippen LogP contribution is 2.28. The maximum atomic E-state index is 5.54. The van der Waals surface area contributed by atoms with Gasteiger partial charge in [-0.25, -0.2) is 0 Å². The lowest BCUT2D eigenvalue weighted by Crippen LogP contribution is -2.38. The third kappa shape index (κ3) is 3.70. The molecule has 0 aliphatic rings. The second kappa shape index (κ2) is 6.54. The van der Waals surface area contributed by atoms with Crippen LogP contribution >= 0.6 is 15.9 Å². The molecule has 0 bridgehead atoms. The number of benzene rings is 1. The smallest absolute Gasteiger partial charge is 0.335 e. The molecule has 1 atom stereocenters. The predicted molar refractivity (Wildman–Crippen MR) is 73.4 cm³/mol. The van der Waals surface area contributed by atoms with Crippen LogP contribution in [0.3, 0.4) is 0 Å². The molecule has 16 heavy (non-hydrogen) atoms. The Morgan fingerprint density at radius 1 is 1.19 bits per heavy atom. The molecule has 4 heteroatoms. The zero-order valence-corrected chi connectivity index (χ0v) is 12.7. The first-order valence-corrected chi connectivity index (χ1v) is 9.01. The van der Waals surface area contributed by atoms with E-state index in [0.29, 0.717) is 5.92 Å². The van der Waals surface area contributed by atoms with Crippen molar-refractivity contribution >= 4 is 24.5 Å². The van der Waals surface area contributed by atoms with Crippen LogP contribution in [0.15, 0.2) is 30.3 Å². The van der Waals surface area contributed by atoms with E-state index < -0.39 is 8.56 Å². The van der Waals surface area contributed by atoms with Crippen molar-refractivity contribution in [2.45, 2.75) is 18.5 Å². The monoisotopic (exact) mass is 302 g/mol. The minimum Gasteiger partial charge on any atom is -0.398 e. The fourth-order valence-electron chi connectivity index (χ4n) is 1.68. The standard InChI is InChI=1S/C12H19BrO2Si/c1-14-16(3,15-2)10-12(9-13)11-7-5-4-6-8-11/h4-8,12H,9-10H2,1-3H3. The van der Waals surface area contributed by atoms with Crippen molar-refractivity contribution in [1.29, 1.82) is 0 Å². The van der Waals surface area contributed by atoms with E-state index in [4.69, 9.17) is 8.85 Å². The summed E-state index contributed by atoms with van der Waals surface area (Å²) in [4.78, 5) is 0. The second-order valence-electron chi connectivity index (χ2n) is 4.01. The van der Waals surface area contributed by atoms with Gasteiger partial charge >= 0.3 is 8.56 Å². The highest BCUT2D eigenvalue weighted by atomic mass is 79.9. The summed E-state index contributed by atoms with van der Waals surface area (Å²) in [6.07, 6.45) is 0. The molecule has 0 heterocycles. The van der Waals surface area contributed by atoms with Gasteiger partial charge in [-0.2, -0.15) is 0 Å². The Balaban J connectivity index is 2.77. The van der Waals surface area contributed by atoms with E-state index in [9.17, 15) is 0 Å². The molecule has 2 nitrogen and oxygen atoms in total. The van der Waals surface area contributed by atoms with Crippen LogP contribution in [-0.2, 0) is 8.85 Å². The van der Waals surface area contributed by atoms with Crippen LogP contribution in [0, 0.1) is 0 Å². The lowest BCUT2D eigenvalue weighted by molar-refractivity contribution is 0.247. The van der Waals surface area contributed by atoms with E-state index in [-0.39, 0.29) is 0 Å². The number of hydrogen-bond donors (Lipinski definition) is 0. The first-order valence-electron chi connectivity index (χ1n) is 5.36. The molecule has 0 saturated carbocycles. The predicted octanol–water partition coefficient (Wildman–Crippen LogP) is 3.53. The van der Waals surface area contributed by atoms with Crippen LogP contribution in [0.5, 0.6) is 0 Å². The Morgan fingerprint density at radius 3 is 2.19 bits per heavy atom. The van der Waals surface area contributed by atoms with Gasteiger partial charge < -0.3 is 8.85 Å². The summed E-state index contributed by atoms with van der Waals surface area (Å²) in [5, 5.41) is 0.937. The molecule has 1 aromatic carbocycles. The van der Waals surface area contributed by atoms with Crippen LogP contribution < -0.4 is 0 Å². The van der Waals surface area contributed by atoms with Crippen molar-refractivity contribution in [2.24, 2.45) is 0 Å². The van der Waals surface area contributed by atoms with E-state index in [1.54, 1.807) is 14.2 Å². The molecule has 90 valence electrons. The van der Waals surface area contributed by atoms with Crippen molar-refractivity contribution in [3.05, 3.63) is 35.9 Å². The van der Waals surface area contributed by atoms with E-state index in [0.717, 1.165) is 11.4 Å². The average molecular weight is 303 g/mol. The molecule has 0 saturated heterocycles. The normalized spacial score (nSPS) is 13.8. The molecule has 1 aromatic rings. The molecular formula is C12H19BrO2Si. The van der Waals surface area contributed by atoms with Crippen molar-refractivity contribution in [2.75, 3.05) is 19.5 Å². The molecule has 0 aromatic heterocycles. The molecule has 1 rings (SSSR count). The van der Waals surface area contributed by atoms with Crippen LogP contribution in [0.2, 0.25) is 12.6 Å². The van der Waals surface area contributed by atoms with Gasteiger partial charge in [0.15, 0.2) is 0 Å². The molecule has 0 N–H and O–H groups in total. The van der Waals surface area contributed by atoms with Gasteiger partial charge in [-0.05, 0) is 24.1 Å². The maximum absolute atomic E-state index is 5.54. The largest absolute Gasteiger partial charge is 0.398 e. The molecule has 0 amide bonds. The van der Waals surface area contributed by atoms with E-state index >= 15 is 0 Å². The van der Waals surface area contributed by atoms with Crippen LogP contribution in [0.4, 0.5) is 0 Å². The van der Waals surface area contributed by atoms with Gasteiger partial charge in [0, 0.05) is 19.5 Å². The summed E-state index contributed by atoms with van der Waals surface area (Å²) in [5.74, 6) is 0.456. The minimum atomic E-state index is -1.99. The molecule has 0 aliphatic heterocycles. The van der Waals surface area contributed by atoms with Crippen molar-refractivity contribution in [3.63, 3.8) is 0 Å². The Hall–Kier alpha value is -0.163. The minimum absolute atomic E-state index is 0.456. The van der Waals surface area contributed by atoms with Gasteiger partial charge in [-0.15, -0.1) is 0 Å². The number of rotatable bonds is 6. The first-order chi connectivity index (χ1) is 7.65. The zero-order valence-electron chi connectivity index (χ0n) is 10.1. The van der Waals surface area contributed by atoms with Gasteiger partial charge in [-0.1, -0.05) is 46.3 Å². The summed E-state index contributed by atoms with van der Waals surface area (Å²) in [5.41, 5.74) is 1.34. The fourth-order valence-corrected chi connectivity index (χ4v) is 4.48. The third-order valence-corrected chi connectivity index (χ3v) is 6.68. The van der Waals surface area contributed by atoms with E-state index in [1.165, 1.54) is 5.56 Å². The van der Waals surface area contributed by atoms with E-state index in [1.807, 2.05) is 6.07 Å². The van der Waals surface area contributed by atoms with Gasteiger partial charge in [0.25, 0.3) is 0 Å². The molecule has 0 spiro atoms. The van der Waals surface area contributed by atoms with E-state index in [2.05, 4.69) is 46.7 Å². The Kier molecular flexibility index (Phi) is 5.68. The van der Waals surface area contributed by atoms with Crippen LogP contribution in [0.1, 0.15) is 11.5 Å². The molecule has 0 fully saturated rings. The van der Waals surface area contributed by atoms with Gasteiger partial charge in [0.1, 0.15) is 0 Å². The Labute approximate surface area is 107 Å². The maximum Gasteiger partial charge on any atom is 0.335 e. The summed E-state index contributed by atoms with van der Waals surface area (Å²) in [7, 11) is 1.49. The van der Waals surface area contributed by atoms with Crippen molar-refractivity contribution in [1.82, 2.24) is 0 Å². The fraction of sp³-hybridized carbons (Fsp3) is 0.500. The lowest BCUT2D eigenvalue weighted by Gasteiger charge is -2.27. The molecular weight excluding hydrogens is 284 g/mol. The topological polar surface area (TPSA) is 18.5 Å². The van der Waals surface area contributed by atoms with Gasteiger partial charge in [0.2, 0.25) is 0 Å². The van der Waals surface area contributed by atoms with Crippen LogP contribution in [0.25, 0.3) is 0 Å². The lowest BCUT2D eigenvalue weighted by atomic mass is 10.0. The number of alkyl halides is 1. The van der Waals surface area contributed by atoms with Gasteiger partial charge in [-0.3, -0.25) is 0 Å². The summed E-state index contributed by atoms with van der Waals surface area (Å²) in [6, 6.07) is 11.5. The highest BCUT2D eigenvalue weighted by molar-refractivity contribution is 9.09. The van der Waals surface area contributed by atoms with Crippen LogP contribution in [-0.4, -0.2) is 28.1 Å². The summed E-state index contributed by atoms with van der Waals surface area (Å²) in [6.45, 7) is 2.10. The molecule has 0 radical (unpaired) electrons.